The number of hydrogen-bond donors (Lipinski definition) is 2. The monoisotopic (exact) mass is 362 g/mol. The van der Waals surface area contributed by atoms with Gasteiger partial charge in [-0.15, -0.1) is 0 Å². The zero-order valence-electron chi connectivity index (χ0n) is 14.8. The highest BCUT2D eigenvalue weighted by Crippen LogP contribution is 2.43. The van der Waals surface area contributed by atoms with Gasteiger partial charge in [0.15, 0.2) is 0 Å². The summed E-state index contributed by atoms with van der Waals surface area (Å²) < 4.78 is 0. The number of benzene rings is 1. The number of likely N-dealkylation sites (N-methyl/N-ethyl adjacent to an activating group) is 1. The van der Waals surface area contributed by atoms with E-state index in [9.17, 15) is 0 Å². The molecule has 5 heteroatoms. The Morgan fingerprint density at radius 3 is 3.04 bits per heavy atom. The first-order valence-corrected chi connectivity index (χ1v) is 9.67. The molecule has 1 aliphatic carbocycles. The van der Waals surface area contributed by atoms with Crippen LogP contribution < -0.4 is 5.32 Å². The molecule has 3 heterocycles. The molecule has 0 amide bonds. The van der Waals surface area contributed by atoms with E-state index in [2.05, 4.69) is 57.7 Å². The van der Waals surface area contributed by atoms with E-state index in [0.29, 0.717) is 18.0 Å². The summed E-state index contributed by atoms with van der Waals surface area (Å²) in [5.74, 6) is 0.562. The highest BCUT2D eigenvalue weighted by molar-refractivity contribution is 7.79. The lowest BCUT2D eigenvalue weighted by molar-refractivity contribution is 0.147. The van der Waals surface area contributed by atoms with Crippen molar-refractivity contribution in [2.45, 2.75) is 30.8 Å². The molecule has 0 radical (unpaired) electrons. The minimum absolute atomic E-state index is 0.414. The number of nitrogens with zero attached hydrogens (tertiary/aromatic N) is 2. The van der Waals surface area contributed by atoms with Crippen molar-refractivity contribution in [3.63, 3.8) is 0 Å². The lowest BCUT2D eigenvalue weighted by atomic mass is 9.74. The van der Waals surface area contributed by atoms with Gasteiger partial charge < -0.3 is 15.2 Å². The van der Waals surface area contributed by atoms with Crippen LogP contribution in [0.15, 0.2) is 42.7 Å². The largest absolute Gasteiger partial charge is 0.380 e. The Kier molecular flexibility index (Phi) is 3.80. The smallest absolute Gasteiger partial charge is 0.0738 e. The standard InChI is InChI=1S/C21H22N4S/c1-25-11-16(24-14-5-6-15(12-26)22-10-14)8-18-17-3-2-4-19-21(17)13(9-23-19)7-20(18)25/h2-6,9-10,12,16,18,20,23-24H,7-8,11H2,1H3/t16-,18?,20+/m0/s1. The van der Waals surface area contributed by atoms with Gasteiger partial charge in [0.25, 0.3) is 0 Å². The Bertz CT molecular complexity index is 962. The molecule has 0 saturated carbocycles. The van der Waals surface area contributed by atoms with Crippen molar-refractivity contribution >= 4 is 34.2 Å². The molecule has 1 aliphatic heterocycles. The van der Waals surface area contributed by atoms with Crippen molar-refractivity contribution in [3.05, 3.63) is 59.5 Å². The Hall–Kier alpha value is -2.24. The number of aromatic amines is 1. The lowest BCUT2D eigenvalue weighted by Gasteiger charge is -2.45. The molecule has 5 rings (SSSR count). The number of rotatable bonds is 3. The number of hydrogen-bond acceptors (Lipinski definition) is 4. The van der Waals surface area contributed by atoms with Crippen molar-refractivity contribution in [1.29, 1.82) is 0 Å². The number of thiocarbonyl (C=S) groups is 1. The predicted molar refractivity (Wildman–Crippen MR) is 110 cm³/mol. The number of likely N-dealkylation sites (tertiary alicyclic amines) is 1. The number of aromatic nitrogens is 2. The van der Waals surface area contributed by atoms with Crippen molar-refractivity contribution < 1.29 is 0 Å². The van der Waals surface area contributed by atoms with Gasteiger partial charge in [0.2, 0.25) is 0 Å². The third-order valence-corrected chi connectivity index (χ3v) is 6.25. The van der Waals surface area contributed by atoms with Gasteiger partial charge in [0.1, 0.15) is 0 Å². The van der Waals surface area contributed by atoms with E-state index in [1.54, 1.807) is 5.37 Å². The lowest BCUT2D eigenvalue weighted by Crippen LogP contribution is -2.51. The van der Waals surface area contributed by atoms with Crippen molar-refractivity contribution in [3.8, 4) is 0 Å². The number of piperidine rings is 1. The molecule has 3 atom stereocenters. The predicted octanol–water partition coefficient (Wildman–Crippen LogP) is 3.74. The first-order chi connectivity index (χ1) is 12.7. The van der Waals surface area contributed by atoms with Crippen LogP contribution in [0.3, 0.4) is 0 Å². The van der Waals surface area contributed by atoms with Gasteiger partial charge in [-0.05, 0) is 49.2 Å². The van der Waals surface area contributed by atoms with E-state index < -0.39 is 0 Å². The average Bonchev–Trinajstić information content (AvgIpc) is 3.08. The molecule has 132 valence electrons. The highest BCUT2D eigenvalue weighted by atomic mass is 32.1. The summed E-state index contributed by atoms with van der Waals surface area (Å²) in [7, 11) is 2.26. The fourth-order valence-corrected chi connectivity index (χ4v) is 4.98. The number of nitrogens with one attached hydrogen (secondary N) is 2. The molecule has 1 unspecified atom stereocenters. The summed E-state index contributed by atoms with van der Waals surface area (Å²) in [6.07, 6.45) is 6.37. The summed E-state index contributed by atoms with van der Waals surface area (Å²) in [6.45, 7) is 1.05. The van der Waals surface area contributed by atoms with Crippen LogP contribution in [0.2, 0.25) is 0 Å². The topological polar surface area (TPSA) is 44.0 Å². The van der Waals surface area contributed by atoms with Gasteiger partial charge in [-0.1, -0.05) is 24.4 Å². The van der Waals surface area contributed by atoms with E-state index in [1.165, 1.54) is 22.0 Å². The summed E-state index contributed by atoms with van der Waals surface area (Å²) in [6, 6.07) is 11.7. The molecular weight excluding hydrogens is 340 g/mol. The maximum atomic E-state index is 4.94. The first-order valence-electron chi connectivity index (χ1n) is 9.20. The number of pyridine rings is 1. The summed E-state index contributed by atoms with van der Waals surface area (Å²) in [5.41, 5.74) is 6.15. The van der Waals surface area contributed by atoms with Gasteiger partial charge in [0.05, 0.1) is 17.6 Å². The van der Waals surface area contributed by atoms with Crippen LogP contribution in [0.5, 0.6) is 0 Å². The maximum absolute atomic E-state index is 4.94. The third kappa shape index (κ3) is 2.54. The van der Waals surface area contributed by atoms with Crippen LogP contribution in [0.25, 0.3) is 10.9 Å². The normalized spacial score (nSPS) is 25.0. The average molecular weight is 363 g/mol. The second-order valence-electron chi connectivity index (χ2n) is 7.57. The molecule has 0 bridgehead atoms. The molecule has 2 aromatic heterocycles. The zero-order valence-corrected chi connectivity index (χ0v) is 15.6. The van der Waals surface area contributed by atoms with Crippen molar-refractivity contribution in [1.82, 2.24) is 14.9 Å². The minimum atomic E-state index is 0.414. The first kappa shape index (κ1) is 16.0. The van der Waals surface area contributed by atoms with Crippen LogP contribution in [-0.4, -0.2) is 45.9 Å². The molecule has 0 spiro atoms. The molecule has 1 fully saturated rings. The fourth-order valence-electron chi connectivity index (χ4n) is 4.84. The van der Waals surface area contributed by atoms with Gasteiger partial charge in [-0.3, -0.25) is 4.98 Å². The van der Waals surface area contributed by atoms with Crippen molar-refractivity contribution in [2.75, 3.05) is 18.9 Å². The minimum Gasteiger partial charge on any atom is -0.380 e. The van der Waals surface area contributed by atoms with Gasteiger partial charge in [-0.2, -0.15) is 0 Å². The third-order valence-electron chi connectivity index (χ3n) is 6.00. The second-order valence-corrected chi connectivity index (χ2v) is 7.80. The SMILES string of the molecule is CN1C[C@@H](Nc2ccc(C=S)nc2)CC2c3cccc4[nH]cc(c34)C[C@H]21. The molecule has 4 nitrogen and oxygen atoms in total. The Morgan fingerprint density at radius 1 is 1.31 bits per heavy atom. The van der Waals surface area contributed by atoms with E-state index >= 15 is 0 Å². The zero-order chi connectivity index (χ0) is 17.7. The van der Waals surface area contributed by atoms with Gasteiger partial charge in [-0.25, -0.2) is 0 Å². The summed E-state index contributed by atoms with van der Waals surface area (Å²) >= 11 is 4.94. The van der Waals surface area contributed by atoms with Crippen LogP contribution in [0.4, 0.5) is 5.69 Å². The van der Waals surface area contributed by atoms with Crippen LogP contribution in [-0.2, 0) is 6.42 Å². The van der Waals surface area contributed by atoms with E-state index in [-0.39, 0.29) is 0 Å². The molecule has 2 aliphatic rings. The molecule has 2 N–H and O–H groups in total. The van der Waals surface area contributed by atoms with E-state index in [4.69, 9.17) is 12.2 Å². The van der Waals surface area contributed by atoms with Crippen LogP contribution in [0, 0.1) is 0 Å². The van der Waals surface area contributed by atoms with Crippen LogP contribution in [0.1, 0.15) is 29.2 Å². The Labute approximate surface area is 158 Å². The van der Waals surface area contributed by atoms with E-state index in [1.807, 2.05) is 12.3 Å². The fraction of sp³-hybridized carbons (Fsp3) is 0.333. The van der Waals surface area contributed by atoms with Crippen molar-refractivity contribution in [2.24, 2.45) is 0 Å². The van der Waals surface area contributed by atoms with Gasteiger partial charge >= 0.3 is 0 Å². The number of anilines is 1. The molecule has 26 heavy (non-hydrogen) atoms. The second kappa shape index (κ2) is 6.18. The molecule has 3 aromatic rings. The number of H-pyrrole nitrogens is 1. The quantitative estimate of drug-likeness (QED) is 0.697. The molecule has 1 saturated heterocycles. The molecule has 1 aromatic carbocycles. The Morgan fingerprint density at radius 2 is 2.23 bits per heavy atom. The van der Waals surface area contributed by atoms with E-state index in [0.717, 1.165) is 30.8 Å². The summed E-state index contributed by atoms with van der Waals surface area (Å²) in [4.78, 5) is 10.4. The molecular formula is C21H22N4S. The number of fused-ring (bicyclic) bond motifs is 2. The maximum Gasteiger partial charge on any atom is 0.0738 e. The summed E-state index contributed by atoms with van der Waals surface area (Å²) in [5, 5.41) is 6.75. The highest BCUT2D eigenvalue weighted by Gasteiger charge is 2.39. The van der Waals surface area contributed by atoms with Gasteiger partial charge in [0, 0.05) is 47.0 Å². The van der Waals surface area contributed by atoms with Crippen LogP contribution >= 0.6 is 12.2 Å². The Balaban J connectivity index is 1.44.